The number of carbonyl (C=O) groups excluding carboxylic acids is 2. The van der Waals surface area contributed by atoms with E-state index in [1.807, 2.05) is 19.1 Å². The third-order valence-electron chi connectivity index (χ3n) is 5.10. The topological polar surface area (TPSA) is 86.9 Å². The van der Waals surface area contributed by atoms with Crippen LogP contribution in [0.3, 0.4) is 0 Å². The SMILES string of the molecule is C=C/C=c1/c(C)c(CN(C)C(=O)/C=C/c2cnc3c(c2)CCC(=O)N3CO)oc1=C. The van der Waals surface area contributed by atoms with Gasteiger partial charge in [-0.05, 0) is 36.6 Å². The first-order valence-electron chi connectivity index (χ1n) is 9.59. The Morgan fingerprint density at radius 1 is 1.43 bits per heavy atom. The van der Waals surface area contributed by atoms with Crippen LogP contribution in [0.1, 0.15) is 28.9 Å². The number of carbonyl (C=O) groups is 2. The fourth-order valence-electron chi connectivity index (χ4n) is 3.39. The minimum atomic E-state index is -0.398. The lowest BCUT2D eigenvalue weighted by Crippen LogP contribution is -2.36. The van der Waals surface area contributed by atoms with E-state index in [9.17, 15) is 14.7 Å². The minimum absolute atomic E-state index is 0.148. The Hall–Kier alpha value is -3.45. The number of hydrogen-bond donors (Lipinski definition) is 1. The molecule has 7 heteroatoms. The van der Waals surface area contributed by atoms with E-state index >= 15 is 0 Å². The smallest absolute Gasteiger partial charge is 0.246 e. The van der Waals surface area contributed by atoms with Crippen LogP contribution in [0.25, 0.3) is 18.7 Å². The molecule has 0 bridgehead atoms. The van der Waals surface area contributed by atoms with Gasteiger partial charge in [0.15, 0.2) is 0 Å². The number of aryl methyl sites for hydroxylation is 1. The zero-order valence-electron chi connectivity index (χ0n) is 17.2. The van der Waals surface area contributed by atoms with E-state index in [2.05, 4.69) is 18.1 Å². The molecule has 7 nitrogen and oxygen atoms in total. The molecule has 30 heavy (non-hydrogen) atoms. The Bertz CT molecular complexity index is 1130. The van der Waals surface area contributed by atoms with Crippen LogP contribution in [0.5, 0.6) is 0 Å². The van der Waals surface area contributed by atoms with Gasteiger partial charge in [-0.25, -0.2) is 4.98 Å². The summed E-state index contributed by atoms with van der Waals surface area (Å²) in [6.45, 7) is 9.43. The van der Waals surface area contributed by atoms with Gasteiger partial charge in [0.1, 0.15) is 23.7 Å². The highest BCUT2D eigenvalue weighted by atomic mass is 16.3. The van der Waals surface area contributed by atoms with Gasteiger partial charge in [0.25, 0.3) is 0 Å². The number of furan rings is 1. The predicted octanol–water partition coefficient (Wildman–Crippen LogP) is 1.26. The summed E-state index contributed by atoms with van der Waals surface area (Å²) in [5.41, 5.74) is 3.10. The first kappa shape index (κ1) is 21.3. The van der Waals surface area contributed by atoms with Crippen molar-refractivity contribution in [2.75, 3.05) is 18.7 Å². The van der Waals surface area contributed by atoms with Gasteiger partial charge in [-0.3, -0.25) is 14.5 Å². The number of amides is 2. The number of fused-ring (bicyclic) bond motifs is 1. The zero-order valence-corrected chi connectivity index (χ0v) is 17.2. The van der Waals surface area contributed by atoms with Gasteiger partial charge >= 0.3 is 0 Å². The second-order valence-corrected chi connectivity index (χ2v) is 7.13. The van der Waals surface area contributed by atoms with Crippen molar-refractivity contribution < 1.29 is 19.1 Å². The summed E-state index contributed by atoms with van der Waals surface area (Å²) in [7, 11) is 1.70. The molecule has 1 aliphatic heterocycles. The van der Waals surface area contributed by atoms with Gasteiger partial charge in [0.05, 0.1) is 6.54 Å². The lowest BCUT2D eigenvalue weighted by molar-refractivity contribution is -0.125. The van der Waals surface area contributed by atoms with Gasteiger partial charge < -0.3 is 14.4 Å². The maximum absolute atomic E-state index is 12.5. The Morgan fingerprint density at radius 3 is 2.90 bits per heavy atom. The molecule has 3 heterocycles. The summed E-state index contributed by atoms with van der Waals surface area (Å²) in [5.74, 6) is 0.820. The fraction of sp³-hybridized carbons (Fsp3) is 0.261. The lowest BCUT2D eigenvalue weighted by atomic mass is 10.0. The van der Waals surface area contributed by atoms with Crippen LogP contribution in [0, 0.1) is 6.92 Å². The standard InChI is InChI=1S/C23H25N3O4/c1-5-6-19-15(2)20(30-16(19)3)13-25(4)21(28)9-7-17-11-18-8-10-22(29)26(14-27)23(18)24-12-17/h5-7,9,11-12,27H,1,3,8,10,13-14H2,2,4H3/b9-7+,19-6-. The third-order valence-corrected chi connectivity index (χ3v) is 5.10. The summed E-state index contributed by atoms with van der Waals surface area (Å²) < 4.78 is 5.70. The average molecular weight is 407 g/mol. The molecule has 0 atom stereocenters. The number of pyridine rings is 1. The van der Waals surface area contributed by atoms with E-state index in [0.29, 0.717) is 36.4 Å². The van der Waals surface area contributed by atoms with E-state index in [4.69, 9.17) is 4.42 Å². The number of likely N-dealkylation sites (N-methyl/N-ethyl adjacent to an activating group) is 1. The minimum Gasteiger partial charge on any atom is -0.460 e. The summed E-state index contributed by atoms with van der Waals surface area (Å²) in [6.07, 6.45) is 9.13. The van der Waals surface area contributed by atoms with Crippen molar-refractivity contribution in [1.29, 1.82) is 0 Å². The van der Waals surface area contributed by atoms with Gasteiger partial charge in [0.2, 0.25) is 11.8 Å². The van der Waals surface area contributed by atoms with Crippen molar-refractivity contribution in [3.8, 4) is 0 Å². The fourth-order valence-corrected chi connectivity index (χ4v) is 3.39. The van der Waals surface area contributed by atoms with Gasteiger partial charge in [0, 0.05) is 36.5 Å². The Morgan fingerprint density at radius 2 is 2.20 bits per heavy atom. The highest BCUT2D eigenvalue weighted by Crippen LogP contribution is 2.26. The zero-order chi connectivity index (χ0) is 21.8. The molecular weight excluding hydrogens is 382 g/mol. The van der Waals surface area contributed by atoms with Crippen molar-refractivity contribution in [3.05, 3.63) is 64.1 Å². The van der Waals surface area contributed by atoms with E-state index in [0.717, 1.165) is 21.9 Å². The van der Waals surface area contributed by atoms with E-state index < -0.39 is 6.73 Å². The maximum atomic E-state index is 12.5. The summed E-state index contributed by atoms with van der Waals surface area (Å²) in [4.78, 5) is 31.5. The highest BCUT2D eigenvalue weighted by molar-refractivity contribution is 5.95. The van der Waals surface area contributed by atoms with Crippen LogP contribution in [0.4, 0.5) is 5.82 Å². The van der Waals surface area contributed by atoms with Crippen LogP contribution in [-0.2, 0) is 22.6 Å². The van der Waals surface area contributed by atoms with Crippen LogP contribution in [0.2, 0.25) is 0 Å². The van der Waals surface area contributed by atoms with Crippen LogP contribution >= 0.6 is 0 Å². The molecule has 0 saturated carbocycles. The second-order valence-electron chi connectivity index (χ2n) is 7.13. The Labute approximate surface area is 174 Å². The largest absolute Gasteiger partial charge is 0.460 e. The van der Waals surface area contributed by atoms with Crippen molar-refractivity contribution >= 4 is 36.4 Å². The lowest BCUT2D eigenvalue weighted by Gasteiger charge is -2.26. The molecule has 0 aromatic carbocycles. The van der Waals surface area contributed by atoms with Crippen molar-refractivity contribution in [1.82, 2.24) is 9.88 Å². The number of aliphatic hydroxyl groups excluding tert-OH is 1. The first-order chi connectivity index (χ1) is 14.3. The number of allylic oxidation sites excluding steroid dienone is 1. The molecule has 0 fully saturated rings. The molecule has 2 aromatic rings. The maximum Gasteiger partial charge on any atom is 0.246 e. The predicted molar refractivity (Wildman–Crippen MR) is 116 cm³/mol. The third kappa shape index (κ3) is 4.26. The first-order valence-corrected chi connectivity index (χ1v) is 9.59. The molecule has 2 amide bonds. The average Bonchev–Trinajstić information content (AvgIpc) is 2.99. The molecule has 0 saturated heterocycles. The van der Waals surface area contributed by atoms with E-state index in [1.165, 1.54) is 11.0 Å². The molecule has 2 aromatic heterocycles. The quantitative estimate of drug-likeness (QED) is 0.729. The molecule has 0 spiro atoms. The second kappa shape index (κ2) is 8.92. The number of hydrogen-bond acceptors (Lipinski definition) is 5. The number of rotatable bonds is 6. The van der Waals surface area contributed by atoms with E-state index in [-0.39, 0.29) is 11.8 Å². The molecule has 0 aliphatic carbocycles. The molecule has 156 valence electrons. The molecule has 1 aliphatic rings. The van der Waals surface area contributed by atoms with Crippen LogP contribution in [-0.4, -0.2) is 40.6 Å². The Balaban J connectivity index is 1.72. The van der Waals surface area contributed by atoms with Gasteiger partial charge in [-0.15, -0.1) is 0 Å². The van der Waals surface area contributed by atoms with Crippen LogP contribution in [0.15, 0.2) is 35.4 Å². The van der Waals surface area contributed by atoms with E-state index in [1.54, 1.807) is 30.3 Å². The highest BCUT2D eigenvalue weighted by Gasteiger charge is 2.24. The number of aromatic nitrogens is 1. The van der Waals surface area contributed by atoms with Crippen LogP contribution < -0.4 is 15.5 Å². The number of anilines is 1. The Kier molecular flexibility index (Phi) is 6.32. The summed E-state index contributed by atoms with van der Waals surface area (Å²) in [6, 6.07) is 1.88. The molecule has 1 N–H and O–H groups in total. The van der Waals surface area contributed by atoms with Crippen molar-refractivity contribution in [2.45, 2.75) is 26.3 Å². The summed E-state index contributed by atoms with van der Waals surface area (Å²) in [5, 5.41) is 10.3. The number of nitrogens with zero attached hydrogens (tertiary/aromatic N) is 3. The monoisotopic (exact) mass is 407 g/mol. The molecular formula is C23H25N3O4. The van der Waals surface area contributed by atoms with Crippen molar-refractivity contribution in [3.63, 3.8) is 0 Å². The van der Waals surface area contributed by atoms with Gasteiger partial charge in [-0.1, -0.05) is 25.3 Å². The molecule has 0 radical (unpaired) electrons. The summed E-state index contributed by atoms with van der Waals surface area (Å²) >= 11 is 0. The molecule has 3 rings (SSSR count). The number of aliphatic hydroxyl groups is 1. The molecule has 0 unspecified atom stereocenters. The van der Waals surface area contributed by atoms with Crippen molar-refractivity contribution in [2.24, 2.45) is 0 Å². The van der Waals surface area contributed by atoms with Gasteiger partial charge in [-0.2, -0.15) is 0 Å². The normalized spacial score (nSPS) is 14.3.